The van der Waals surface area contributed by atoms with Crippen molar-refractivity contribution in [2.45, 2.75) is 6.42 Å². The molecule has 8 nitrogen and oxygen atoms in total. The van der Waals surface area contributed by atoms with Crippen molar-refractivity contribution in [2.24, 2.45) is 0 Å². The number of pyridine rings is 1. The Morgan fingerprint density at radius 1 is 1.35 bits per heavy atom. The Balaban J connectivity index is 1.81. The number of amides is 1. The summed E-state index contributed by atoms with van der Waals surface area (Å²) in [7, 11) is 3.23. The minimum absolute atomic E-state index is 0.192. The number of ether oxygens (including phenoxy) is 1. The van der Waals surface area contributed by atoms with E-state index < -0.39 is 0 Å². The smallest absolute Gasteiger partial charge is 0.257 e. The maximum atomic E-state index is 12.8. The lowest BCUT2D eigenvalue weighted by atomic mass is 10.1. The molecule has 0 aliphatic carbocycles. The number of carbonyl (C=O) groups excluding carboxylic acids is 1. The van der Waals surface area contributed by atoms with Gasteiger partial charge in [0.15, 0.2) is 0 Å². The van der Waals surface area contributed by atoms with Gasteiger partial charge in [-0.15, -0.1) is 5.10 Å². The summed E-state index contributed by atoms with van der Waals surface area (Å²) in [5.74, 6) is 0.206. The van der Waals surface area contributed by atoms with Gasteiger partial charge >= 0.3 is 0 Å². The van der Waals surface area contributed by atoms with Gasteiger partial charge in [0.1, 0.15) is 12.1 Å². The Hall–Kier alpha value is -3.00. The van der Waals surface area contributed by atoms with E-state index in [0.717, 1.165) is 5.69 Å². The van der Waals surface area contributed by atoms with E-state index in [9.17, 15) is 4.79 Å². The van der Waals surface area contributed by atoms with Crippen LogP contribution in [0.25, 0.3) is 5.69 Å². The first-order valence-electron chi connectivity index (χ1n) is 7.86. The molecule has 0 saturated carbocycles. The lowest BCUT2D eigenvalue weighted by Gasteiger charge is -2.19. The first kappa shape index (κ1) is 17.8. The molecule has 26 heavy (non-hydrogen) atoms. The van der Waals surface area contributed by atoms with Crippen LogP contribution in [0.3, 0.4) is 0 Å². The van der Waals surface area contributed by atoms with E-state index in [2.05, 4.69) is 20.5 Å². The molecule has 0 aliphatic heterocycles. The monoisotopic (exact) mass is 372 g/mol. The Bertz CT molecular complexity index is 886. The van der Waals surface area contributed by atoms with Gasteiger partial charge in [-0.3, -0.25) is 9.78 Å². The maximum absolute atomic E-state index is 12.8. The number of hydrogen-bond acceptors (Lipinski definition) is 6. The number of carbonyl (C=O) groups is 1. The summed E-state index contributed by atoms with van der Waals surface area (Å²) in [5, 5.41) is 11.3. The fourth-order valence-corrected chi connectivity index (χ4v) is 2.71. The van der Waals surface area contributed by atoms with Crippen molar-refractivity contribution < 1.29 is 9.53 Å². The van der Waals surface area contributed by atoms with Gasteiger partial charge in [-0.2, -0.15) is 4.68 Å². The largest absolute Gasteiger partial charge is 0.496 e. The third kappa shape index (κ3) is 3.80. The van der Waals surface area contributed by atoms with E-state index in [4.69, 9.17) is 16.3 Å². The summed E-state index contributed by atoms with van der Waals surface area (Å²) in [6, 6.07) is 8.91. The molecule has 2 aromatic heterocycles. The van der Waals surface area contributed by atoms with Crippen molar-refractivity contribution in [2.75, 3.05) is 20.7 Å². The highest BCUT2D eigenvalue weighted by molar-refractivity contribution is 6.33. The van der Waals surface area contributed by atoms with Crippen molar-refractivity contribution in [1.29, 1.82) is 0 Å². The van der Waals surface area contributed by atoms with E-state index in [0.29, 0.717) is 35.0 Å². The number of benzene rings is 1. The van der Waals surface area contributed by atoms with Gasteiger partial charge in [0, 0.05) is 38.0 Å². The molecule has 0 bridgehead atoms. The average molecular weight is 373 g/mol. The first-order chi connectivity index (χ1) is 12.6. The van der Waals surface area contributed by atoms with Crippen molar-refractivity contribution in [1.82, 2.24) is 30.1 Å². The van der Waals surface area contributed by atoms with Crippen molar-refractivity contribution >= 4 is 17.5 Å². The lowest BCUT2D eigenvalue weighted by molar-refractivity contribution is 0.0793. The lowest BCUT2D eigenvalue weighted by Crippen LogP contribution is -2.29. The second-order valence-electron chi connectivity index (χ2n) is 5.56. The molecule has 9 heteroatoms. The van der Waals surface area contributed by atoms with E-state index >= 15 is 0 Å². The predicted octanol–water partition coefficient (Wildman–Crippen LogP) is 2.03. The normalized spacial score (nSPS) is 10.6. The Morgan fingerprint density at radius 3 is 2.85 bits per heavy atom. The van der Waals surface area contributed by atoms with Crippen LogP contribution in [0.2, 0.25) is 5.02 Å². The van der Waals surface area contributed by atoms with Crippen LogP contribution < -0.4 is 4.74 Å². The Labute approximate surface area is 155 Å². The summed E-state index contributed by atoms with van der Waals surface area (Å²) in [4.78, 5) is 18.7. The standard InChI is InChI=1S/C17H17ClN6O2/c1-23(8-6-12-5-3-4-7-19-12)17(25)13-9-14(18)15(10-16(13)26-2)24-11-20-21-22-24/h3-5,7,9-11H,6,8H2,1-2H3. The third-order valence-electron chi connectivity index (χ3n) is 3.87. The highest BCUT2D eigenvalue weighted by Gasteiger charge is 2.20. The van der Waals surface area contributed by atoms with Crippen molar-refractivity contribution in [3.8, 4) is 11.4 Å². The minimum atomic E-state index is -0.192. The fourth-order valence-electron chi connectivity index (χ4n) is 2.46. The van der Waals surface area contributed by atoms with Gasteiger partial charge in [0.05, 0.1) is 23.4 Å². The number of methoxy groups -OCH3 is 1. The van der Waals surface area contributed by atoms with Crippen LogP contribution in [0.1, 0.15) is 16.1 Å². The molecule has 0 radical (unpaired) electrons. The summed E-state index contributed by atoms with van der Waals surface area (Å²) in [6.45, 7) is 0.519. The van der Waals surface area contributed by atoms with Gasteiger partial charge < -0.3 is 9.64 Å². The molecule has 0 fully saturated rings. The van der Waals surface area contributed by atoms with E-state index in [1.165, 1.54) is 18.1 Å². The Morgan fingerprint density at radius 2 is 2.19 bits per heavy atom. The van der Waals surface area contributed by atoms with Crippen LogP contribution in [0.4, 0.5) is 0 Å². The molecule has 0 saturated heterocycles. The van der Waals surface area contributed by atoms with Gasteiger partial charge in [-0.1, -0.05) is 17.7 Å². The highest BCUT2D eigenvalue weighted by Crippen LogP contribution is 2.30. The molecule has 2 heterocycles. The predicted molar refractivity (Wildman–Crippen MR) is 95.6 cm³/mol. The van der Waals surface area contributed by atoms with Gasteiger partial charge in [-0.25, -0.2) is 0 Å². The topological polar surface area (TPSA) is 86.0 Å². The number of likely N-dealkylation sites (N-methyl/N-ethyl adjacent to an activating group) is 1. The van der Waals surface area contributed by atoms with Crippen molar-refractivity contribution in [3.05, 3.63) is 59.1 Å². The van der Waals surface area contributed by atoms with Crippen LogP contribution in [0, 0.1) is 0 Å². The van der Waals surface area contributed by atoms with Gasteiger partial charge in [0.2, 0.25) is 0 Å². The molecule has 0 spiro atoms. The number of tetrazole rings is 1. The zero-order valence-corrected chi connectivity index (χ0v) is 15.1. The number of rotatable bonds is 6. The van der Waals surface area contributed by atoms with Crippen LogP contribution >= 0.6 is 11.6 Å². The van der Waals surface area contributed by atoms with Crippen LogP contribution in [0.15, 0.2) is 42.9 Å². The van der Waals surface area contributed by atoms with E-state index in [-0.39, 0.29) is 5.91 Å². The zero-order chi connectivity index (χ0) is 18.5. The summed E-state index contributed by atoms with van der Waals surface area (Å²) >= 11 is 6.32. The summed E-state index contributed by atoms with van der Waals surface area (Å²) < 4.78 is 6.78. The minimum Gasteiger partial charge on any atom is -0.496 e. The third-order valence-corrected chi connectivity index (χ3v) is 4.17. The van der Waals surface area contributed by atoms with Crippen LogP contribution in [-0.4, -0.2) is 56.7 Å². The molecular weight excluding hydrogens is 356 g/mol. The molecule has 0 unspecified atom stereocenters. The van der Waals surface area contributed by atoms with Crippen LogP contribution in [-0.2, 0) is 6.42 Å². The average Bonchev–Trinajstić information content (AvgIpc) is 3.20. The van der Waals surface area contributed by atoms with Crippen LogP contribution in [0.5, 0.6) is 5.75 Å². The molecule has 0 atom stereocenters. The van der Waals surface area contributed by atoms with E-state index in [1.807, 2.05) is 18.2 Å². The molecule has 0 N–H and O–H groups in total. The number of hydrogen-bond donors (Lipinski definition) is 0. The molecular formula is C17H17ClN6O2. The van der Waals surface area contributed by atoms with Crippen molar-refractivity contribution in [3.63, 3.8) is 0 Å². The molecule has 0 aliphatic rings. The second kappa shape index (κ2) is 7.92. The molecule has 134 valence electrons. The molecule has 1 amide bonds. The molecule has 3 aromatic rings. The van der Waals surface area contributed by atoms with Gasteiger partial charge in [-0.05, 0) is 28.6 Å². The molecule has 3 rings (SSSR count). The quantitative estimate of drug-likeness (QED) is 0.658. The fraction of sp³-hybridized carbons (Fsp3) is 0.235. The molecule has 1 aromatic carbocycles. The number of aromatic nitrogens is 5. The van der Waals surface area contributed by atoms with E-state index in [1.54, 1.807) is 30.3 Å². The SMILES string of the molecule is COc1cc(-n2cnnn2)c(Cl)cc1C(=O)N(C)CCc1ccccn1. The summed E-state index contributed by atoms with van der Waals surface area (Å²) in [5.41, 5.74) is 1.82. The zero-order valence-electron chi connectivity index (χ0n) is 14.3. The summed E-state index contributed by atoms with van der Waals surface area (Å²) in [6.07, 6.45) is 3.81. The Kier molecular flexibility index (Phi) is 5.43. The second-order valence-corrected chi connectivity index (χ2v) is 5.96. The number of halogens is 1. The maximum Gasteiger partial charge on any atom is 0.257 e. The highest BCUT2D eigenvalue weighted by atomic mass is 35.5. The first-order valence-corrected chi connectivity index (χ1v) is 8.24. The van der Waals surface area contributed by atoms with Gasteiger partial charge in [0.25, 0.3) is 5.91 Å². The number of nitrogens with zero attached hydrogens (tertiary/aromatic N) is 6.